The zero-order valence-corrected chi connectivity index (χ0v) is 6.32. The largest absolute Gasteiger partial charge is 0.411 e. The van der Waals surface area contributed by atoms with Gasteiger partial charge in [-0.15, -0.1) is 0 Å². The number of halogens is 3. The molecule has 0 spiro atoms. The Labute approximate surface area is 63.5 Å². The second kappa shape index (κ2) is 4.56. The minimum absolute atomic E-state index is 0.132. The number of ether oxygens (including phenoxy) is 1. The monoisotopic (exact) mass is 171 g/mol. The van der Waals surface area contributed by atoms with Crippen LogP contribution in [0.3, 0.4) is 0 Å². The van der Waals surface area contributed by atoms with E-state index in [2.05, 4.69) is 4.74 Å². The first-order chi connectivity index (χ1) is 4.99. The van der Waals surface area contributed by atoms with Gasteiger partial charge in [-0.2, -0.15) is 13.2 Å². The summed E-state index contributed by atoms with van der Waals surface area (Å²) in [5, 5.41) is 0. The normalized spacial score (nSPS) is 15.0. The SMILES string of the molecule is CCC(CN)OCC(F)(F)F. The Bertz CT molecular complexity index is 100. The molecule has 0 aliphatic heterocycles. The average Bonchev–Trinajstić information content (AvgIpc) is 1.88. The molecule has 2 nitrogen and oxygen atoms in total. The molecule has 0 fully saturated rings. The van der Waals surface area contributed by atoms with Crippen molar-refractivity contribution >= 4 is 0 Å². The molecular formula is C6H12F3NO. The molecule has 0 aromatic rings. The molecule has 0 radical (unpaired) electrons. The van der Waals surface area contributed by atoms with Gasteiger partial charge < -0.3 is 10.5 Å². The summed E-state index contributed by atoms with van der Waals surface area (Å²) >= 11 is 0. The van der Waals surface area contributed by atoms with Crippen LogP contribution in [0.15, 0.2) is 0 Å². The maximum absolute atomic E-state index is 11.5. The van der Waals surface area contributed by atoms with E-state index in [-0.39, 0.29) is 6.54 Å². The van der Waals surface area contributed by atoms with Crippen molar-refractivity contribution in [2.75, 3.05) is 13.2 Å². The number of alkyl halides is 3. The molecule has 0 bridgehead atoms. The molecule has 0 saturated carbocycles. The van der Waals surface area contributed by atoms with E-state index in [0.717, 1.165) is 0 Å². The molecule has 68 valence electrons. The smallest absolute Gasteiger partial charge is 0.368 e. The minimum atomic E-state index is -4.25. The third-order valence-corrected chi connectivity index (χ3v) is 1.20. The van der Waals surface area contributed by atoms with Gasteiger partial charge in [0.15, 0.2) is 0 Å². The van der Waals surface area contributed by atoms with Crippen molar-refractivity contribution in [2.24, 2.45) is 5.73 Å². The Kier molecular flexibility index (Phi) is 4.44. The maximum atomic E-state index is 11.5. The van der Waals surface area contributed by atoms with Crippen LogP contribution in [0.4, 0.5) is 13.2 Å². The summed E-state index contributed by atoms with van der Waals surface area (Å²) in [6.45, 7) is 0.656. The first kappa shape index (κ1) is 10.7. The molecule has 11 heavy (non-hydrogen) atoms. The Morgan fingerprint density at radius 1 is 1.45 bits per heavy atom. The summed E-state index contributed by atoms with van der Waals surface area (Å²) in [5.41, 5.74) is 5.12. The predicted octanol–water partition coefficient (Wildman–Crippen LogP) is 1.30. The molecule has 0 aromatic heterocycles. The van der Waals surface area contributed by atoms with E-state index in [1.54, 1.807) is 6.92 Å². The van der Waals surface area contributed by atoms with Gasteiger partial charge >= 0.3 is 6.18 Å². The van der Waals surface area contributed by atoms with Crippen molar-refractivity contribution in [1.82, 2.24) is 0 Å². The summed E-state index contributed by atoms with van der Waals surface area (Å²) < 4.78 is 39.0. The van der Waals surface area contributed by atoms with Crippen LogP contribution in [0.1, 0.15) is 13.3 Å². The van der Waals surface area contributed by atoms with Crippen LogP contribution >= 0.6 is 0 Å². The molecule has 5 heteroatoms. The lowest BCUT2D eigenvalue weighted by atomic mass is 10.3. The second-order valence-electron chi connectivity index (χ2n) is 2.19. The van der Waals surface area contributed by atoms with Crippen LogP contribution < -0.4 is 5.73 Å². The van der Waals surface area contributed by atoms with Crippen molar-refractivity contribution in [2.45, 2.75) is 25.6 Å². The van der Waals surface area contributed by atoms with E-state index < -0.39 is 18.9 Å². The van der Waals surface area contributed by atoms with Gasteiger partial charge in [-0.1, -0.05) is 6.92 Å². The van der Waals surface area contributed by atoms with Gasteiger partial charge in [0.1, 0.15) is 6.61 Å². The molecule has 0 aliphatic rings. The third kappa shape index (κ3) is 6.12. The lowest BCUT2D eigenvalue weighted by Gasteiger charge is -2.14. The highest BCUT2D eigenvalue weighted by atomic mass is 19.4. The molecule has 0 rings (SSSR count). The van der Waals surface area contributed by atoms with E-state index in [1.165, 1.54) is 0 Å². The Balaban J connectivity index is 3.51. The van der Waals surface area contributed by atoms with Crippen LogP contribution in [0.5, 0.6) is 0 Å². The molecule has 0 aliphatic carbocycles. The lowest BCUT2D eigenvalue weighted by molar-refractivity contribution is -0.184. The van der Waals surface area contributed by atoms with E-state index in [1.807, 2.05) is 0 Å². The van der Waals surface area contributed by atoms with Gasteiger partial charge in [0.25, 0.3) is 0 Å². The van der Waals surface area contributed by atoms with Crippen molar-refractivity contribution in [3.8, 4) is 0 Å². The van der Waals surface area contributed by atoms with Crippen molar-refractivity contribution in [3.63, 3.8) is 0 Å². The molecule has 1 unspecified atom stereocenters. The highest BCUT2D eigenvalue weighted by molar-refractivity contribution is 4.56. The Morgan fingerprint density at radius 2 is 2.00 bits per heavy atom. The quantitative estimate of drug-likeness (QED) is 0.692. The number of nitrogens with two attached hydrogens (primary N) is 1. The average molecular weight is 171 g/mol. The van der Waals surface area contributed by atoms with Crippen LogP contribution in [0.25, 0.3) is 0 Å². The van der Waals surface area contributed by atoms with Crippen molar-refractivity contribution in [1.29, 1.82) is 0 Å². The van der Waals surface area contributed by atoms with Crippen LogP contribution in [-0.2, 0) is 4.74 Å². The van der Waals surface area contributed by atoms with Crippen molar-refractivity contribution < 1.29 is 17.9 Å². The van der Waals surface area contributed by atoms with Gasteiger partial charge in [-0.05, 0) is 6.42 Å². The first-order valence-electron chi connectivity index (χ1n) is 3.38. The van der Waals surface area contributed by atoms with Gasteiger partial charge in [0.2, 0.25) is 0 Å². The fraction of sp³-hybridized carbons (Fsp3) is 1.00. The fourth-order valence-electron chi connectivity index (χ4n) is 0.565. The molecule has 0 saturated heterocycles. The third-order valence-electron chi connectivity index (χ3n) is 1.20. The topological polar surface area (TPSA) is 35.2 Å². The molecular weight excluding hydrogens is 159 g/mol. The number of hydrogen-bond donors (Lipinski definition) is 1. The Hall–Kier alpha value is -0.290. The summed E-state index contributed by atoms with van der Waals surface area (Å²) in [7, 11) is 0. The van der Waals surface area contributed by atoms with Gasteiger partial charge in [0, 0.05) is 6.54 Å². The number of hydrogen-bond acceptors (Lipinski definition) is 2. The molecule has 2 N–H and O–H groups in total. The van der Waals surface area contributed by atoms with Crippen LogP contribution in [0, 0.1) is 0 Å². The summed E-state index contributed by atoms with van der Waals surface area (Å²) in [6.07, 6.45) is -4.22. The highest BCUT2D eigenvalue weighted by Gasteiger charge is 2.28. The van der Waals surface area contributed by atoms with E-state index in [9.17, 15) is 13.2 Å². The molecule has 0 aromatic carbocycles. The van der Waals surface area contributed by atoms with Gasteiger partial charge in [-0.25, -0.2) is 0 Å². The van der Waals surface area contributed by atoms with Crippen LogP contribution in [0.2, 0.25) is 0 Å². The number of rotatable bonds is 4. The molecule has 0 amide bonds. The first-order valence-corrected chi connectivity index (χ1v) is 3.38. The highest BCUT2D eigenvalue weighted by Crippen LogP contribution is 2.15. The summed E-state index contributed by atoms with van der Waals surface area (Å²) in [6, 6.07) is 0. The summed E-state index contributed by atoms with van der Waals surface area (Å²) in [5.74, 6) is 0. The van der Waals surface area contributed by atoms with Crippen LogP contribution in [-0.4, -0.2) is 25.4 Å². The Morgan fingerprint density at radius 3 is 2.27 bits per heavy atom. The zero-order valence-electron chi connectivity index (χ0n) is 6.32. The second-order valence-corrected chi connectivity index (χ2v) is 2.19. The van der Waals surface area contributed by atoms with E-state index in [0.29, 0.717) is 6.42 Å². The molecule has 0 heterocycles. The van der Waals surface area contributed by atoms with E-state index in [4.69, 9.17) is 5.73 Å². The summed E-state index contributed by atoms with van der Waals surface area (Å²) in [4.78, 5) is 0. The van der Waals surface area contributed by atoms with Gasteiger partial charge in [0.05, 0.1) is 6.10 Å². The zero-order chi connectivity index (χ0) is 8.91. The standard InChI is InChI=1S/C6H12F3NO/c1-2-5(3-10)11-4-6(7,8)9/h5H,2-4,10H2,1H3. The minimum Gasteiger partial charge on any atom is -0.368 e. The maximum Gasteiger partial charge on any atom is 0.411 e. The van der Waals surface area contributed by atoms with Gasteiger partial charge in [-0.3, -0.25) is 0 Å². The lowest BCUT2D eigenvalue weighted by Crippen LogP contribution is -2.28. The fourth-order valence-corrected chi connectivity index (χ4v) is 0.565. The van der Waals surface area contributed by atoms with E-state index >= 15 is 0 Å². The molecule has 1 atom stereocenters. The predicted molar refractivity (Wildman–Crippen MR) is 35.1 cm³/mol. The van der Waals surface area contributed by atoms with Crippen molar-refractivity contribution in [3.05, 3.63) is 0 Å².